The van der Waals surface area contributed by atoms with Gasteiger partial charge in [0.2, 0.25) is 0 Å². The maximum Gasteiger partial charge on any atom is 0.346 e. The summed E-state index contributed by atoms with van der Waals surface area (Å²) >= 11 is 0. The van der Waals surface area contributed by atoms with Crippen LogP contribution in [0.25, 0.3) is 0 Å². The molecule has 3 rings (SSSR count). The van der Waals surface area contributed by atoms with Gasteiger partial charge in [-0.05, 0) is 24.6 Å². The first-order chi connectivity index (χ1) is 10.5. The lowest BCUT2D eigenvalue weighted by atomic mass is 10.1. The van der Waals surface area contributed by atoms with Crippen LogP contribution in [0.15, 0.2) is 18.2 Å². The van der Waals surface area contributed by atoms with Crippen LogP contribution in [-0.4, -0.2) is 40.4 Å². The largest absolute Gasteiger partial charge is 0.346 e. The second kappa shape index (κ2) is 5.45. The van der Waals surface area contributed by atoms with Crippen LogP contribution in [0.4, 0.5) is 5.69 Å². The third kappa shape index (κ3) is 2.76. The minimum atomic E-state index is -2.97. The lowest BCUT2D eigenvalue weighted by Crippen LogP contribution is -2.10. The molecule has 2 heterocycles. The third-order valence-corrected chi connectivity index (χ3v) is 6.49. The van der Waals surface area contributed by atoms with Crippen molar-refractivity contribution in [3.05, 3.63) is 39.4 Å². The first-order valence-corrected chi connectivity index (χ1v) is 8.46. The quantitative estimate of drug-likeness (QED) is 0.343. The average molecular weight is 322 g/mol. The number of nitro benzene ring substituents is 1. The SMILES string of the molecule is CC(OP(=O)(N1CC1)N1CC1)c1ccc([N+](=O)[O-])c(C#N)c1. The van der Waals surface area contributed by atoms with Gasteiger partial charge in [0.05, 0.1) is 11.0 Å². The van der Waals surface area contributed by atoms with Crippen LogP contribution in [0.5, 0.6) is 0 Å². The van der Waals surface area contributed by atoms with E-state index < -0.39 is 18.7 Å². The zero-order valence-electron chi connectivity index (χ0n) is 12.0. The van der Waals surface area contributed by atoms with Gasteiger partial charge >= 0.3 is 7.67 Å². The van der Waals surface area contributed by atoms with Gasteiger partial charge in [-0.15, -0.1) is 0 Å². The van der Waals surface area contributed by atoms with E-state index in [9.17, 15) is 14.7 Å². The van der Waals surface area contributed by atoms with Crippen molar-refractivity contribution >= 4 is 13.4 Å². The third-order valence-electron chi connectivity index (χ3n) is 3.66. The van der Waals surface area contributed by atoms with E-state index in [-0.39, 0.29) is 11.3 Å². The number of hydrogen-bond acceptors (Lipinski definition) is 5. The predicted octanol–water partition coefficient (Wildman–Crippen LogP) is 2.28. The standard InChI is InChI=1S/C13H15N4O4P/c1-10(21-22(20,15-4-5-15)16-6-7-16)11-2-3-13(17(18)19)12(8-11)9-14/h2-3,8,10H,4-7H2,1H3. The lowest BCUT2D eigenvalue weighted by Gasteiger charge is -2.24. The van der Waals surface area contributed by atoms with E-state index in [1.165, 1.54) is 12.1 Å². The van der Waals surface area contributed by atoms with Crippen LogP contribution in [0.2, 0.25) is 0 Å². The minimum absolute atomic E-state index is 0.0220. The highest BCUT2D eigenvalue weighted by Gasteiger charge is 2.50. The molecule has 0 aliphatic carbocycles. The van der Waals surface area contributed by atoms with Crippen molar-refractivity contribution in [3.63, 3.8) is 0 Å². The van der Waals surface area contributed by atoms with Crippen LogP contribution in [-0.2, 0) is 9.09 Å². The second-order valence-corrected chi connectivity index (χ2v) is 7.61. The molecule has 2 aliphatic heterocycles. The van der Waals surface area contributed by atoms with E-state index in [1.54, 1.807) is 22.3 Å². The van der Waals surface area contributed by atoms with E-state index in [0.29, 0.717) is 5.56 Å². The number of rotatable bonds is 6. The Morgan fingerprint density at radius 2 is 1.95 bits per heavy atom. The van der Waals surface area contributed by atoms with Crippen LogP contribution in [0.1, 0.15) is 24.2 Å². The van der Waals surface area contributed by atoms with Gasteiger partial charge in [0.1, 0.15) is 11.6 Å². The molecule has 9 heteroatoms. The van der Waals surface area contributed by atoms with Crippen LogP contribution < -0.4 is 0 Å². The molecule has 0 spiro atoms. The molecule has 0 radical (unpaired) electrons. The Hall–Kier alpha value is -1.78. The van der Waals surface area contributed by atoms with Crippen molar-refractivity contribution in [3.8, 4) is 6.07 Å². The summed E-state index contributed by atoms with van der Waals surface area (Å²) in [6.07, 6.45) is -0.514. The van der Waals surface area contributed by atoms with E-state index in [0.717, 1.165) is 26.2 Å². The number of nitriles is 1. The van der Waals surface area contributed by atoms with Gasteiger partial charge in [0.25, 0.3) is 5.69 Å². The fraction of sp³-hybridized carbons (Fsp3) is 0.462. The molecule has 1 aromatic carbocycles. The van der Waals surface area contributed by atoms with Crippen molar-refractivity contribution in [1.82, 2.24) is 9.34 Å². The summed E-state index contributed by atoms with van der Waals surface area (Å²) < 4.78 is 22.3. The van der Waals surface area contributed by atoms with Gasteiger partial charge in [-0.3, -0.25) is 19.2 Å². The Labute approximate surface area is 127 Å². The van der Waals surface area contributed by atoms with Crippen LogP contribution in [0, 0.1) is 21.4 Å². The molecular formula is C13H15N4O4P. The highest BCUT2D eigenvalue weighted by molar-refractivity contribution is 7.54. The van der Waals surface area contributed by atoms with E-state index in [1.807, 2.05) is 6.07 Å². The normalized spacial score (nSPS) is 19.5. The van der Waals surface area contributed by atoms with Gasteiger partial charge in [0, 0.05) is 32.2 Å². The summed E-state index contributed by atoms with van der Waals surface area (Å²) in [6.45, 7) is 4.75. The van der Waals surface area contributed by atoms with Crippen molar-refractivity contribution in [2.45, 2.75) is 13.0 Å². The number of hydrogen-bond donors (Lipinski definition) is 0. The molecule has 8 nitrogen and oxygen atoms in total. The van der Waals surface area contributed by atoms with E-state index in [2.05, 4.69) is 0 Å². The maximum absolute atomic E-state index is 12.9. The van der Waals surface area contributed by atoms with Crippen molar-refractivity contribution in [2.75, 3.05) is 26.2 Å². The Bertz CT molecular complexity index is 692. The summed E-state index contributed by atoms with van der Waals surface area (Å²) in [7, 11) is -2.97. The molecule has 1 unspecified atom stereocenters. The number of nitro groups is 1. The Morgan fingerprint density at radius 3 is 2.41 bits per heavy atom. The molecular weight excluding hydrogens is 307 g/mol. The molecule has 2 aliphatic rings. The molecule has 2 fully saturated rings. The second-order valence-electron chi connectivity index (χ2n) is 5.29. The molecule has 2 saturated heterocycles. The summed E-state index contributed by atoms with van der Waals surface area (Å²) in [4.78, 5) is 10.3. The fourth-order valence-corrected chi connectivity index (χ4v) is 4.58. The Balaban J connectivity index is 1.83. The van der Waals surface area contributed by atoms with E-state index in [4.69, 9.17) is 9.79 Å². The topological polar surface area (TPSA) is 99.2 Å². The van der Waals surface area contributed by atoms with Gasteiger partial charge in [-0.25, -0.2) is 9.34 Å². The van der Waals surface area contributed by atoms with Crippen molar-refractivity contribution < 1.29 is 14.0 Å². The summed E-state index contributed by atoms with van der Waals surface area (Å²) in [5.74, 6) is 0. The first kappa shape index (κ1) is 15.1. The monoisotopic (exact) mass is 322 g/mol. The lowest BCUT2D eigenvalue weighted by molar-refractivity contribution is -0.385. The zero-order chi connectivity index (χ0) is 15.9. The molecule has 0 aromatic heterocycles. The number of benzene rings is 1. The smallest absolute Gasteiger partial charge is 0.298 e. The highest BCUT2D eigenvalue weighted by Crippen LogP contribution is 2.63. The van der Waals surface area contributed by atoms with E-state index >= 15 is 0 Å². The molecule has 0 N–H and O–H groups in total. The molecule has 0 bridgehead atoms. The fourth-order valence-electron chi connectivity index (χ4n) is 2.23. The maximum atomic E-state index is 12.9. The molecule has 0 amide bonds. The van der Waals surface area contributed by atoms with Crippen LogP contribution in [0.3, 0.4) is 0 Å². The van der Waals surface area contributed by atoms with Gasteiger partial charge in [0.15, 0.2) is 0 Å². The van der Waals surface area contributed by atoms with Crippen LogP contribution >= 0.6 is 7.67 Å². The van der Waals surface area contributed by atoms with Gasteiger partial charge < -0.3 is 0 Å². The highest BCUT2D eigenvalue weighted by atomic mass is 31.2. The molecule has 1 atom stereocenters. The van der Waals surface area contributed by atoms with Gasteiger partial charge in [-0.1, -0.05) is 0 Å². The average Bonchev–Trinajstić information content (AvgIpc) is 3.37. The molecule has 1 aromatic rings. The van der Waals surface area contributed by atoms with Crippen molar-refractivity contribution in [1.29, 1.82) is 5.26 Å². The zero-order valence-corrected chi connectivity index (χ0v) is 12.9. The van der Waals surface area contributed by atoms with Crippen molar-refractivity contribution in [2.24, 2.45) is 0 Å². The Kier molecular flexibility index (Phi) is 3.75. The molecule has 116 valence electrons. The molecule has 22 heavy (non-hydrogen) atoms. The predicted molar refractivity (Wildman–Crippen MR) is 78.1 cm³/mol. The summed E-state index contributed by atoms with van der Waals surface area (Å²) in [5, 5.41) is 19.9. The number of nitrogens with zero attached hydrogens (tertiary/aromatic N) is 4. The van der Waals surface area contributed by atoms with Gasteiger partial charge in [-0.2, -0.15) is 5.26 Å². The minimum Gasteiger partial charge on any atom is -0.298 e. The Morgan fingerprint density at radius 1 is 1.36 bits per heavy atom. The summed E-state index contributed by atoms with van der Waals surface area (Å²) in [6, 6.07) is 6.07. The molecule has 0 saturated carbocycles. The first-order valence-electron chi connectivity index (χ1n) is 6.93. The summed E-state index contributed by atoms with van der Waals surface area (Å²) in [5.41, 5.74) is 0.343.